The van der Waals surface area contributed by atoms with Crippen LogP contribution in [-0.2, 0) is 16.1 Å². The number of carbonyl (C=O) groups excluding carboxylic acids is 1. The maximum Gasteiger partial charge on any atom is 0.249 e. The Kier molecular flexibility index (Phi) is 5.33. The van der Waals surface area contributed by atoms with Crippen molar-refractivity contribution in [3.05, 3.63) is 77.9 Å². The lowest BCUT2D eigenvalue weighted by atomic mass is 9.95. The molecule has 0 fully saturated rings. The number of halogens is 1. The first-order valence-corrected chi connectivity index (χ1v) is 9.33. The molecule has 0 radical (unpaired) electrons. The molecule has 0 aliphatic carbocycles. The lowest BCUT2D eigenvalue weighted by molar-refractivity contribution is -0.118. The van der Waals surface area contributed by atoms with E-state index in [-0.39, 0.29) is 5.91 Å². The van der Waals surface area contributed by atoms with Crippen molar-refractivity contribution in [3.63, 3.8) is 0 Å². The summed E-state index contributed by atoms with van der Waals surface area (Å²) < 4.78 is 0. The van der Waals surface area contributed by atoms with Crippen LogP contribution in [-0.4, -0.2) is 5.91 Å². The van der Waals surface area contributed by atoms with Gasteiger partial charge in [-0.05, 0) is 41.8 Å². The molecule has 2 nitrogen and oxygen atoms in total. The van der Waals surface area contributed by atoms with Crippen LogP contribution < -0.4 is 5.32 Å². The van der Waals surface area contributed by atoms with E-state index in [4.69, 9.17) is 11.6 Å². The van der Waals surface area contributed by atoms with Crippen LogP contribution in [0.3, 0.4) is 0 Å². The van der Waals surface area contributed by atoms with Crippen LogP contribution in [0, 0.1) is 5.92 Å². The normalized spacial score (nSPS) is 13.6. The van der Waals surface area contributed by atoms with Gasteiger partial charge >= 0.3 is 0 Å². The highest BCUT2D eigenvalue weighted by molar-refractivity contribution is 6.36. The van der Waals surface area contributed by atoms with Gasteiger partial charge < -0.3 is 5.32 Å². The molecule has 0 aliphatic heterocycles. The summed E-state index contributed by atoms with van der Waals surface area (Å²) in [6.07, 6.45) is 1.02. The topological polar surface area (TPSA) is 29.1 Å². The third-order valence-electron chi connectivity index (χ3n) is 4.60. The molecule has 0 saturated carbocycles. The van der Waals surface area contributed by atoms with E-state index in [2.05, 4.69) is 31.3 Å². The van der Waals surface area contributed by atoms with E-state index >= 15 is 0 Å². The largest absolute Gasteiger partial charge is 0.324 e. The van der Waals surface area contributed by atoms with E-state index in [1.54, 1.807) is 6.92 Å². The summed E-state index contributed by atoms with van der Waals surface area (Å²) >= 11 is 6.66. The van der Waals surface area contributed by atoms with Crippen molar-refractivity contribution in [1.82, 2.24) is 0 Å². The summed E-state index contributed by atoms with van der Waals surface area (Å²) in [5.74, 6) is 0.366. The Morgan fingerprint density at radius 1 is 1.00 bits per heavy atom. The quantitative estimate of drug-likeness (QED) is 0.541. The smallest absolute Gasteiger partial charge is 0.249 e. The van der Waals surface area contributed by atoms with Crippen LogP contribution in [0.2, 0.25) is 0 Å². The minimum absolute atomic E-state index is 0.230. The summed E-state index contributed by atoms with van der Waals surface area (Å²) in [7, 11) is 0. The van der Waals surface area contributed by atoms with E-state index in [9.17, 15) is 4.79 Å². The zero-order valence-electron chi connectivity index (χ0n) is 15.4. The zero-order chi connectivity index (χ0) is 18.7. The standard InChI is InChI=1S/C23H24ClNO/c1-16(2)15-17-11-13-19(14-12-17)23(3,24)22(26)25-21-10-6-8-18-7-4-5-9-20(18)21/h4-14,16H,15H2,1-3H3,(H,25,26). The molecule has 134 valence electrons. The van der Waals surface area contributed by atoms with Crippen LogP contribution in [0.4, 0.5) is 5.69 Å². The Bertz CT molecular complexity index is 908. The number of carbonyl (C=O) groups is 1. The Hall–Kier alpha value is -2.32. The third kappa shape index (κ3) is 3.91. The van der Waals surface area contributed by atoms with E-state index < -0.39 is 4.87 Å². The summed E-state index contributed by atoms with van der Waals surface area (Å²) in [5.41, 5.74) is 2.83. The number of hydrogen-bond donors (Lipinski definition) is 1. The van der Waals surface area contributed by atoms with Gasteiger partial charge in [0.05, 0.1) is 0 Å². The van der Waals surface area contributed by atoms with Gasteiger partial charge in [-0.1, -0.05) is 74.5 Å². The van der Waals surface area contributed by atoms with Crippen LogP contribution in [0.1, 0.15) is 31.9 Å². The van der Waals surface area contributed by atoms with Gasteiger partial charge in [0.2, 0.25) is 5.91 Å². The predicted molar refractivity (Wildman–Crippen MR) is 111 cm³/mol. The fourth-order valence-electron chi connectivity index (χ4n) is 3.13. The van der Waals surface area contributed by atoms with Crippen molar-refractivity contribution in [2.24, 2.45) is 5.92 Å². The Morgan fingerprint density at radius 2 is 1.65 bits per heavy atom. The van der Waals surface area contributed by atoms with Crippen molar-refractivity contribution in [1.29, 1.82) is 0 Å². The summed E-state index contributed by atoms with van der Waals surface area (Å²) in [5, 5.41) is 5.09. The first kappa shape index (κ1) is 18.5. The fraction of sp³-hybridized carbons (Fsp3) is 0.261. The maximum atomic E-state index is 12.9. The first-order chi connectivity index (χ1) is 12.4. The van der Waals surface area contributed by atoms with Crippen molar-refractivity contribution in [2.45, 2.75) is 32.1 Å². The molecule has 3 heteroatoms. The van der Waals surface area contributed by atoms with E-state index in [0.29, 0.717) is 5.92 Å². The number of anilines is 1. The number of hydrogen-bond acceptors (Lipinski definition) is 1. The van der Waals surface area contributed by atoms with Crippen LogP contribution in [0.15, 0.2) is 66.7 Å². The van der Waals surface area contributed by atoms with Gasteiger partial charge in [-0.3, -0.25) is 4.79 Å². The summed E-state index contributed by atoms with van der Waals surface area (Å²) in [6.45, 7) is 6.13. The highest BCUT2D eigenvalue weighted by Gasteiger charge is 2.33. The predicted octanol–water partition coefficient (Wildman–Crippen LogP) is 6.13. The molecule has 1 N–H and O–H groups in total. The SMILES string of the molecule is CC(C)Cc1ccc(C(C)(Cl)C(=O)Nc2cccc3ccccc23)cc1. The lowest BCUT2D eigenvalue weighted by Crippen LogP contribution is -2.32. The lowest BCUT2D eigenvalue weighted by Gasteiger charge is -2.23. The highest BCUT2D eigenvalue weighted by atomic mass is 35.5. The summed E-state index contributed by atoms with van der Waals surface area (Å²) in [4.78, 5) is 11.8. The number of rotatable bonds is 5. The molecule has 0 aliphatic rings. The number of amides is 1. The van der Waals surface area contributed by atoms with Crippen LogP contribution in [0.5, 0.6) is 0 Å². The molecular weight excluding hydrogens is 342 g/mol. The maximum absolute atomic E-state index is 12.9. The molecule has 0 heterocycles. The van der Waals surface area contributed by atoms with Crippen molar-refractivity contribution < 1.29 is 4.79 Å². The number of benzene rings is 3. The van der Waals surface area contributed by atoms with Gasteiger partial charge in [0.15, 0.2) is 0 Å². The Labute approximate surface area is 160 Å². The van der Waals surface area contributed by atoms with Gasteiger partial charge in [-0.2, -0.15) is 0 Å². The molecule has 3 aromatic carbocycles. The fourth-order valence-corrected chi connectivity index (χ4v) is 3.30. The average molecular weight is 366 g/mol. The second-order valence-corrected chi connectivity index (χ2v) is 8.03. The molecule has 0 spiro atoms. The van der Waals surface area contributed by atoms with Crippen molar-refractivity contribution in [2.75, 3.05) is 5.32 Å². The van der Waals surface area contributed by atoms with Crippen LogP contribution in [0.25, 0.3) is 10.8 Å². The third-order valence-corrected chi connectivity index (χ3v) is 4.99. The molecule has 1 unspecified atom stereocenters. The second kappa shape index (κ2) is 7.51. The van der Waals surface area contributed by atoms with E-state index in [1.165, 1.54) is 5.56 Å². The van der Waals surface area contributed by atoms with Gasteiger partial charge in [0, 0.05) is 11.1 Å². The minimum atomic E-state index is -1.13. The summed E-state index contributed by atoms with van der Waals surface area (Å²) in [6, 6.07) is 21.9. The van der Waals surface area contributed by atoms with Gasteiger partial charge in [0.25, 0.3) is 0 Å². The molecule has 26 heavy (non-hydrogen) atoms. The monoisotopic (exact) mass is 365 g/mol. The number of fused-ring (bicyclic) bond motifs is 1. The molecule has 3 rings (SSSR count). The molecule has 1 atom stereocenters. The Morgan fingerprint density at radius 3 is 2.35 bits per heavy atom. The van der Waals surface area contributed by atoms with E-state index in [0.717, 1.165) is 28.4 Å². The highest BCUT2D eigenvalue weighted by Crippen LogP contribution is 2.32. The molecule has 0 saturated heterocycles. The first-order valence-electron chi connectivity index (χ1n) is 8.95. The molecule has 1 amide bonds. The number of nitrogens with one attached hydrogen (secondary N) is 1. The molecular formula is C23H24ClNO. The molecule has 0 bridgehead atoms. The van der Waals surface area contributed by atoms with Gasteiger partial charge in [-0.25, -0.2) is 0 Å². The second-order valence-electron chi connectivity index (χ2n) is 7.28. The van der Waals surface area contributed by atoms with E-state index in [1.807, 2.05) is 54.6 Å². The zero-order valence-corrected chi connectivity index (χ0v) is 16.2. The minimum Gasteiger partial charge on any atom is -0.324 e. The Balaban J connectivity index is 1.83. The number of alkyl halides is 1. The average Bonchev–Trinajstić information content (AvgIpc) is 2.62. The molecule has 3 aromatic rings. The van der Waals surface area contributed by atoms with Gasteiger partial charge in [-0.15, -0.1) is 11.6 Å². The molecule has 0 aromatic heterocycles. The van der Waals surface area contributed by atoms with Crippen LogP contribution >= 0.6 is 11.6 Å². The van der Waals surface area contributed by atoms with Crippen molar-refractivity contribution >= 4 is 34.0 Å². The van der Waals surface area contributed by atoms with Crippen molar-refractivity contribution in [3.8, 4) is 0 Å². The van der Waals surface area contributed by atoms with Gasteiger partial charge in [0.1, 0.15) is 4.87 Å².